The number of nitrogens with two attached hydrogens (primary N) is 1. The highest BCUT2D eigenvalue weighted by Gasteiger charge is 2.31. The number of carbonyl (C=O) groups excluding carboxylic acids is 1. The molecular formula is C14H16N6O. The summed E-state index contributed by atoms with van der Waals surface area (Å²) < 4.78 is 0. The third kappa shape index (κ3) is 3.00. The predicted octanol–water partition coefficient (Wildman–Crippen LogP) is 1.53. The zero-order valence-corrected chi connectivity index (χ0v) is 11.8. The Morgan fingerprint density at radius 3 is 2.90 bits per heavy atom. The molecule has 1 aliphatic rings. The first-order chi connectivity index (χ1) is 9.83. The van der Waals surface area contributed by atoms with Crippen LogP contribution < -0.4 is 16.5 Å². The van der Waals surface area contributed by atoms with E-state index in [9.17, 15) is 4.79 Å². The summed E-state index contributed by atoms with van der Waals surface area (Å²) in [7, 11) is 0. The second-order valence-corrected chi connectivity index (χ2v) is 5.47. The zero-order chi connectivity index (χ0) is 15.6. The van der Waals surface area contributed by atoms with Crippen molar-refractivity contribution < 1.29 is 4.79 Å². The molecule has 1 heterocycles. The van der Waals surface area contributed by atoms with Crippen molar-refractivity contribution in [2.24, 2.45) is 10.8 Å². The average molecular weight is 284 g/mol. The lowest BCUT2D eigenvalue weighted by molar-refractivity contribution is -0.117. The van der Waals surface area contributed by atoms with E-state index in [0.717, 1.165) is 11.3 Å². The number of nitrogens with zero attached hydrogens (tertiary/aromatic N) is 2. The van der Waals surface area contributed by atoms with Gasteiger partial charge in [0.1, 0.15) is 6.07 Å². The van der Waals surface area contributed by atoms with Gasteiger partial charge in [0.25, 0.3) is 0 Å². The van der Waals surface area contributed by atoms with Gasteiger partial charge in [-0.15, -0.1) is 0 Å². The van der Waals surface area contributed by atoms with E-state index in [2.05, 4.69) is 15.8 Å². The van der Waals surface area contributed by atoms with Crippen LogP contribution in [0.3, 0.4) is 0 Å². The normalized spacial score (nSPS) is 16.4. The van der Waals surface area contributed by atoms with Gasteiger partial charge in [-0.1, -0.05) is 19.9 Å². The average Bonchev–Trinajstić information content (AvgIpc) is 2.37. The van der Waals surface area contributed by atoms with E-state index in [4.69, 9.17) is 16.4 Å². The van der Waals surface area contributed by atoms with Crippen LogP contribution in [0, 0.1) is 16.7 Å². The number of rotatable bonds is 3. The Kier molecular flexibility index (Phi) is 3.63. The molecule has 0 atom stereocenters. The van der Waals surface area contributed by atoms with Gasteiger partial charge >= 0.3 is 0 Å². The van der Waals surface area contributed by atoms with Crippen LogP contribution in [0.25, 0.3) is 0 Å². The molecule has 0 aromatic heterocycles. The lowest BCUT2D eigenvalue weighted by Crippen LogP contribution is -2.32. The van der Waals surface area contributed by atoms with Gasteiger partial charge in [-0.2, -0.15) is 10.4 Å². The third-order valence-electron chi connectivity index (χ3n) is 3.28. The fraction of sp³-hybridized carbons (Fsp3) is 0.286. The fourth-order valence-electron chi connectivity index (χ4n) is 2.26. The van der Waals surface area contributed by atoms with E-state index in [0.29, 0.717) is 12.1 Å². The van der Waals surface area contributed by atoms with Gasteiger partial charge < -0.3 is 11.1 Å². The number of benzene rings is 1. The second kappa shape index (κ2) is 5.25. The minimum atomic E-state index is -0.405. The minimum absolute atomic E-state index is 0.0328. The maximum absolute atomic E-state index is 11.7. The number of hydrogen-bond donors (Lipinski definition) is 4. The van der Waals surface area contributed by atoms with Crippen molar-refractivity contribution in [3.05, 3.63) is 23.8 Å². The SMILES string of the molecule is CC1(C)CC(=O)Nc2cc(N/N=C(\C#N)C(=N)N)ccc21. The molecule has 2 rings (SSSR count). The first-order valence-corrected chi connectivity index (χ1v) is 6.36. The van der Waals surface area contributed by atoms with E-state index in [1.807, 2.05) is 19.9 Å². The molecule has 108 valence electrons. The van der Waals surface area contributed by atoms with E-state index < -0.39 is 5.84 Å². The Hall–Kier alpha value is -2.88. The molecule has 21 heavy (non-hydrogen) atoms. The van der Waals surface area contributed by atoms with Gasteiger partial charge in [0.05, 0.1) is 5.69 Å². The maximum atomic E-state index is 11.7. The second-order valence-electron chi connectivity index (χ2n) is 5.47. The molecule has 0 fully saturated rings. The van der Waals surface area contributed by atoms with Crippen LogP contribution in [-0.2, 0) is 10.2 Å². The number of amides is 1. The maximum Gasteiger partial charge on any atom is 0.225 e. The lowest BCUT2D eigenvalue weighted by atomic mass is 9.78. The van der Waals surface area contributed by atoms with Crippen molar-refractivity contribution in [2.75, 3.05) is 10.7 Å². The summed E-state index contributed by atoms with van der Waals surface area (Å²) >= 11 is 0. The molecule has 7 nitrogen and oxygen atoms in total. The van der Waals surface area contributed by atoms with Crippen LogP contribution >= 0.6 is 0 Å². The summed E-state index contributed by atoms with van der Waals surface area (Å²) in [5.74, 6) is -0.438. The number of nitrogens with one attached hydrogen (secondary N) is 3. The molecule has 0 saturated heterocycles. The van der Waals surface area contributed by atoms with E-state index in [1.54, 1.807) is 18.2 Å². The van der Waals surface area contributed by atoms with Crippen molar-refractivity contribution in [1.29, 1.82) is 10.7 Å². The van der Waals surface area contributed by atoms with Gasteiger partial charge in [-0.25, -0.2) is 0 Å². The van der Waals surface area contributed by atoms with Gasteiger partial charge in [0, 0.05) is 17.5 Å². The van der Waals surface area contributed by atoms with Crippen molar-refractivity contribution in [3.63, 3.8) is 0 Å². The third-order valence-corrected chi connectivity index (χ3v) is 3.28. The molecule has 1 aromatic carbocycles. The summed E-state index contributed by atoms with van der Waals surface area (Å²) in [6.45, 7) is 4.03. The van der Waals surface area contributed by atoms with Gasteiger partial charge in [0.15, 0.2) is 5.84 Å². The number of fused-ring (bicyclic) bond motifs is 1. The van der Waals surface area contributed by atoms with E-state index in [1.165, 1.54) is 0 Å². The number of amidine groups is 1. The standard InChI is InChI=1S/C14H16N6O/c1-14(2)6-12(21)18-10-5-8(3-4-9(10)14)19-20-11(7-15)13(16)17/h3-5,19H,6H2,1-2H3,(H3,16,17)(H,18,21)/b20-11+. The highest BCUT2D eigenvalue weighted by atomic mass is 16.1. The van der Waals surface area contributed by atoms with Crippen LogP contribution in [0.4, 0.5) is 11.4 Å². The first-order valence-electron chi connectivity index (χ1n) is 6.36. The van der Waals surface area contributed by atoms with Crippen LogP contribution in [0.2, 0.25) is 0 Å². The van der Waals surface area contributed by atoms with Gasteiger partial charge in [-0.3, -0.25) is 15.6 Å². The first kappa shape index (κ1) is 14.5. The van der Waals surface area contributed by atoms with Crippen LogP contribution in [-0.4, -0.2) is 17.5 Å². The number of carbonyl (C=O) groups is 1. The molecule has 7 heteroatoms. The quantitative estimate of drug-likeness (QED) is 0.381. The number of hydrazone groups is 1. The van der Waals surface area contributed by atoms with Crippen molar-refractivity contribution in [2.45, 2.75) is 25.7 Å². The Morgan fingerprint density at radius 1 is 1.57 bits per heavy atom. The number of nitriles is 1. The molecule has 1 aromatic rings. The molecule has 0 bridgehead atoms. The highest BCUT2D eigenvalue weighted by Crippen LogP contribution is 2.38. The largest absolute Gasteiger partial charge is 0.382 e. The summed E-state index contributed by atoms with van der Waals surface area (Å²) in [5, 5.41) is 22.5. The Bertz CT molecular complexity index is 683. The Morgan fingerprint density at radius 2 is 2.29 bits per heavy atom. The van der Waals surface area contributed by atoms with Gasteiger partial charge in [0.2, 0.25) is 11.6 Å². The molecule has 0 aliphatic carbocycles. The molecule has 5 N–H and O–H groups in total. The summed E-state index contributed by atoms with van der Waals surface area (Å²) in [4.78, 5) is 11.7. The smallest absolute Gasteiger partial charge is 0.225 e. The van der Waals surface area contributed by atoms with Crippen LogP contribution in [0.15, 0.2) is 23.3 Å². The molecular weight excluding hydrogens is 268 g/mol. The van der Waals surface area contributed by atoms with Crippen molar-refractivity contribution >= 4 is 28.8 Å². The predicted molar refractivity (Wildman–Crippen MR) is 81.3 cm³/mol. The monoisotopic (exact) mass is 284 g/mol. The van der Waals surface area contributed by atoms with E-state index >= 15 is 0 Å². The lowest BCUT2D eigenvalue weighted by Gasteiger charge is -2.32. The Balaban J connectivity index is 2.30. The molecule has 0 spiro atoms. The van der Waals surface area contributed by atoms with Gasteiger partial charge in [-0.05, 0) is 17.7 Å². The Labute approximate surface area is 122 Å². The number of hydrogen-bond acceptors (Lipinski definition) is 5. The topological polar surface area (TPSA) is 127 Å². The van der Waals surface area contributed by atoms with Crippen LogP contribution in [0.1, 0.15) is 25.8 Å². The summed E-state index contributed by atoms with van der Waals surface area (Å²) in [6, 6.07) is 7.18. The highest BCUT2D eigenvalue weighted by molar-refractivity contribution is 6.45. The molecule has 1 amide bonds. The van der Waals surface area contributed by atoms with Crippen molar-refractivity contribution in [3.8, 4) is 6.07 Å². The fourth-order valence-corrected chi connectivity index (χ4v) is 2.26. The molecule has 0 unspecified atom stereocenters. The van der Waals surface area contributed by atoms with E-state index in [-0.39, 0.29) is 17.0 Å². The van der Waals surface area contributed by atoms with Crippen molar-refractivity contribution in [1.82, 2.24) is 0 Å². The molecule has 1 aliphatic heterocycles. The minimum Gasteiger partial charge on any atom is -0.382 e. The number of anilines is 2. The summed E-state index contributed by atoms with van der Waals surface area (Å²) in [6.07, 6.45) is 0.438. The molecule has 0 saturated carbocycles. The zero-order valence-electron chi connectivity index (χ0n) is 11.8. The molecule has 0 radical (unpaired) electrons. The summed E-state index contributed by atoms with van der Waals surface area (Å²) in [5.41, 5.74) is 9.81. The van der Waals surface area contributed by atoms with Crippen LogP contribution in [0.5, 0.6) is 0 Å².